The fourth-order valence-electron chi connectivity index (χ4n) is 5.04. The van der Waals surface area contributed by atoms with E-state index in [1.165, 1.54) is 0 Å². The topological polar surface area (TPSA) is 64.6 Å². The van der Waals surface area contributed by atoms with Crippen LogP contribution in [0.2, 0.25) is 0 Å². The Labute approximate surface area is 272 Å². The molecule has 252 valence electrons. The number of rotatable bonds is 26. The third-order valence-corrected chi connectivity index (χ3v) is 7.12. The molecule has 7 nitrogen and oxygen atoms in total. The minimum atomic E-state index is -0.485. The molecule has 0 bridgehead atoms. The average Bonchev–Trinajstić information content (AvgIpc) is 3.07. The number of allylic oxidation sites excluding steroid dienone is 2. The number of hydrogen-bond acceptors (Lipinski definition) is 7. The van der Waals surface area contributed by atoms with Crippen LogP contribution in [0.4, 0.5) is 0 Å². The number of benzene rings is 2. The number of ether oxygens (including phenoxy) is 7. The summed E-state index contributed by atoms with van der Waals surface area (Å²) in [5.74, 6) is 3.06. The van der Waals surface area contributed by atoms with Crippen molar-refractivity contribution in [2.24, 2.45) is 0 Å². The maximum absolute atomic E-state index is 6.39. The second kappa shape index (κ2) is 24.3. The molecule has 0 N–H and O–H groups in total. The van der Waals surface area contributed by atoms with Crippen molar-refractivity contribution < 1.29 is 33.2 Å². The van der Waals surface area contributed by atoms with Gasteiger partial charge in [-0.1, -0.05) is 100 Å². The molecule has 0 fully saturated rings. The van der Waals surface area contributed by atoms with Crippen molar-refractivity contribution >= 4 is 0 Å². The highest BCUT2D eigenvalue weighted by atomic mass is 16.7. The first kappa shape index (κ1) is 38.2. The predicted octanol–water partition coefficient (Wildman–Crippen LogP) is 10.2. The van der Waals surface area contributed by atoms with Crippen molar-refractivity contribution in [3.8, 4) is 0 Å². The van der Waals surface area contributed by atoms with Crippen LogP contribution in [0.15, 0.2) is 83.7 Å². The van der Waals surface area contributed by atoms with Crippen molar-refractivity contribution in [3.63, 3.8) is 0 Å². The molecule has 0 aliphatic heterocycles. The third-order valence-electron chi connectivity index (χ3n) is 7.12. The van der Waals surface area contributed by atoms with Gasteiger partial charge in [-0.15, -0.1) is 0 Å². The smallest absolute Gasteiger partial charge is 0.167 e. The van der Waals surface area contributed by atoms with Crippen LogP contribution in [-0.2, 0) is 33.2 Å². The molecule has 2 aromatic carbocycles. The largest absolute Gasteiger partial charge is 0.495 e. The molecule has 0 radical (unpaired) electrons. The van der Waals surface area contributed by atoms with E-state index in [1.54, 1.807) is 0 Å². The van der Waals surface area contributed by atoms with Crippen LogP contribution in [0.1, 0.15) is 116 Å². The maximum atomic E-state index is 6.39. The Morgan fingerprint density at radius 3 is 1.20 bits per heavy atom. The predicted molar refractivity (Wildman–Crippen MR) is 180 cm³/mol. The standard InChI is InChI=1S/C38H58O7/c1-7-13-17-27-33(40-9-3)37(42-11-5)35(31-23-19-15-20-24-31)44-29-39-30-45-36(32-25-21-16-22-26-32)38(43-12-6)34(41-10-4)28-18-14-8-2/h15-16,19-26,35-36H,7-14,17-18,27-30H2,1-6H3. The van der Waals surface area contributed by atoms with Gasteiger partial charge in [-0.3, -0.25) is 0 Å². The Morgan fingerprint density at radius 1 is 0.489 bits per heavy atom. The Balaban J connectivity index is 2.28. The lowest BCUT2D eigenvalue weighted by Crippen LogP contribution is -2.18. The normalized spacial score (nSPS) is 13.8. The second-order valence-electron chi connectivity index (χ2n) is 10.6. The van der Waals surface area contributed by atoms with E-state index in [2.05, 4.69) is 13.8 Å². The number of unbranched alkanes of at least 4 members (excludes halogenated alkanes) is 4. The van der Waals surface area contributed by atoms with E-state index in [4.69, 9.17) is 33.2 Å². The van der Waals surface area contributed by atoms with Gasteiger partial charge in [-0.05, 0) is 51.7 Å². The molecule has 2 atom stereocenters. The molecule has 0 heterocycles. The molecular weight excluding hydrogens is 568 g/mol. The summed E-state index contributed by atoms with van der Waals surface area (Å²) >= 11 is 0. The second-order valence-corrected chi connectivity index (χ2v) is 10.6. The lowest BCUT2D eigenvalue weighted by atomic mass is 10.0. The SMILES string of the molecule is CCCCCC(OCC)=C(OCC)C(OCOCOC(C(OCC)=C(CCCCC)OCC)c1ccccc1)c1ccccc1. The van der Waals surface area contributed by atoms with Gasteiger partial charge in [0.05, 0.1) is 26.4 Å². The highest BCUT2D eigenvalue weighted by Gasteiger charge is 2.26. The molecule has 0 aliphatic carbocycles. The van der Waals surface area contributed by atoms with Gasteiger partial charge in [-0.25, -0.2) is 0 Å². The van der Waals surface area contributed by atoms with E-state index in [0.717, 1.165) is 74.0 Å². The Bertz CT molecular complexity index is 983. The molecule has 2 unspecified atom stereocenters. The van der Waals surface area contributed by atoms with Crippen LogP contribution in [-0.4, -0.2) is 40.0 Å². The molecule has 0 aromatic heterocycles. The van der Waals surface area contributed by atoms with Gasteiger partial charge in [0.25, 0.3) is 0 Å². The first-order chi connectivity index (χ1) is 22.1. The molecule has 2 rings (SSSR count). The van der Waals surface area contributed by atoms with Gasteiger partial charge in [0.1, 0.15) is 23.7 Å². The molecule has 2 aromatic rings. The van der Waals surface area contributed by atoms with Gasteiger partial charge in [-0.2, -0.15) is 0 Å². The first-order valence-electron chi connectivity index (χ1n) is 17.0. The summed E-state index contributed by atoms with van der Waals surface area (Å²) in [4.78, 5) is 0. The van der Waals surface area contributed by atoms with E-state index in [0.29, 0.717) is 37.9 Å². The van der Waals surface area contributed by atoms with Crippen molar-refractivity contribution in [1.82, 2.24) is 0 Å². The van der Waals surface area contributed by atoms with Crippen LogP contribution < -0.4 is 0 Å². The summed E-state index contributed by atoms with van der Waals surface area (Å²) in [6, 6.07) is 20.1. The van der Waals surface area contributed by atoms with Gasteiger partial charge >= 0.3 is 0 Å². The monoisotopic (exact) mass is 626 g/mol. The van der Waals surface area contributed by atoms with Gasteiger partial charge < -0.3 is 33.2 Å². The first-order valence-corrected chi connectivity index (χ1v) is 17.0. The van der Waals surface area contributed by atoms with Crippen LogP contribution in [0.3, 0.4) is 0 Å². The summed E-state index contributed by atoms with van der Waals surface area (Å²) < 4.78 is 43.4. The number of hydrogen-bond donors (Lipinski definition) is 0. The van der Waals surface area contributed by atoms with Gasteiger partial charge in [0, 0.05) is 12.8 Å². The molecule has 0 saturated heterocycles. The highest BCUT2D eigenvalue weighted by Crippen LogP contribution is 2.33. The highest BCUT2D eigenvalue weighted by molar-refractivity contribution is 5.26. The lowest BCUT2D eigenvalue weighted by molar-refractivity contribution is -0.167. The Kier molecular flexibility index (Phi) is 20.6. The summed E-state index contributed by atoms with van der Waals surface area (Å²) in [5, 5.41) is 0. The van der Waals surface area contributed by atoms with Gasteiger partial charge in [0.15, 0.2) is 25.1 Å². The zero-order chi connectivity index (χ0) is 32.5. The zero-order valence-electron chi connectivity index (χ0n) is 28.7. The molecule has 0 spiro atoms. The Hall–Kier alpha value is -3.00. The van der Waals surface area contributed by atoms with Crippen molar-refractivity contribution in [3.05, 3.63) is 94.8 Å². The summed E-state index contributed by atoms with van der Waals surface area (Å²) in [6.45, 7) is 14.5. The minimum Gasteiger partial charge on any atom is -0.495 e. The molecule has 0 aliphatic rings. The fraction of sp³-hybridized carbons (Fsp3) is 0.579. The summed E-state index contributed by atoms with van der Waals surface area (Å²) in [6.07, 6.45) is 7.16. The summed E-state index contributed by atoms with van der Waals surface area (Å²) in [5.41, 5.74) is 1.94. The fourth-order valence-corrected chi connectivity index (χ4v) is 5.04. The van der Waals surface area contributed by atoms with Gasteiger partial charge in [0.2, 0.25) is 0 Å². The minimum absolute atomic E-state index is 0.00545. The van der Waals surface area contributed by atoms with Crippen LogP contribution in [0.25, 0.3) is 0 Å². The molecule has 0 saturated carbocycles. The van der Waals surface area contributed by atoms with Crippen molar-refractivity contribution in [1.29, 1.82) is 0 Å². The van der Waals surface area contributed by atoms with E-state index in [1.807, 2.05) is 88.4 Å². The molecule has 45 heavy (non-hydrogen) atoms. The molecular formula is C38H58O7. The zero-order valence-corrected chi connectivity index (χ0v) is 28.7. The quantitative estimate of drug-likeness (QED) is 0.0585. The molecule has 7 heteroatoms. The lowest BCUT2D eigenvalue weighted by Gasteiger charge is -2.26. The Morgan fingerprint density at radius 2 is 0.867 bits per heavy atom. The van der Waals surface area contributed by atoms with Crippen molar-refractivity contribution in [2.75, 3.05) is 40.0 Å². The van der Waals surface area contributed by atoms with E-state index >= 15 is 0 Å². The molecule has 0 amide bonds. The average molecular weight is 627 g/mol. The maximum Gasteiger partial charge on any atom is 0.167 e. The van der Waals surface area contributed by atoms with Crippen LogP contribution in [0, 0.1) is 0 Å². The van der Waals surface area contributed by atoms with Crippen LogP contribution >= 0.6 is 0 Å². The third kappa shape index (κ3) is 13.9. The van der Waals surface area contributed by atoms with E-state index in [9.17, 15) is 0 Å². The van der Waals surface area contributed by atoms with Crippen LogP contribution in [0.5, 0.6) is 0 Å². The van der Waals surface area contributed by atoms with E-state index in [-0.39, 0.29) is 13.6 Å². The van der Waals surface area contributed by atoms with Crippen molar-refractivity contribution in [2.45, 2.75) is 105 Å². The summed E-state index contributed by atoms with van der Waals surface area (Å²) in [7, 11) is 0. The van der Waals surface area contributed by atoms with E-state index < -0.39 is 12.2 Å².